The Morgan fingerprint density at radius 2 is 2.10 bits per heavy atom. The van der Waals surface area contributed by atoms with E-state index in [2.05, 4.69) is 24.8 Å². The average Bonchev–Trinajstić information content (AvgIpc) is 2.86. The molecule has 110 valence electrons. The van der Waals surface area contributed by atoms with Crippen LogP contribution in [0.2, 0.25) is 0 Å². The fourth-order valence-corrected chi connectivity index (χ4v) is 3.90. The van der Waals surface area contributed by atoms with E-state index in [1.807, 2.05) is 0 Å². The van der Waals surface area contributed by atoms with Gasteiger partial charge in [0.05, 0.1) is 0 Å². The van der Waals surface area contributed by atoms with Crippen LogP contribution in [-0.2, 0) is 19.4 Å². The van der Waals surface area contributed by atoms with Crippen molar-refractivity contribution in [2.75, 3.05) is 4.90 Å². The first-order valence-corrected chi connectivity index (χ1v) is 8.24. The Morgan fingerprint density at radius 3 is 2.85 bits per heavy atom. The Hall–Kier alpha value is -1.09. The lowest BCUT2D eigenvalue weighted by Crippen LogP contribution is -2.36. The first-order chi connectivity index (χ1) is 9.74. The molecule has 2 atom stereocenters. The molecule has 20 heavy (non-hydrogen) atoms. The molecule has 3 heteroatoms. The van der Waals surface area contributed by atoms with Crippen LogP contribution in [0.1, 0.15) is 62.8 Å². The summed E-state index contributed by atoms with van der Waals surface area (Å²) in [5.74, 6) is 1.19. The quantitative estimate of drug-likeness (QED) is 0.919. The number of hydrogen-bond acceptors (Lipinski definition) is 3. The molecule has 0 spiro atoms. The van der Waals surface area contributed by atoms with E-state index in [0.717, 1.165) is 6.42 Å². The zero-order valence-electron chi connectivity index (χ0n) is 12.9. The third kappa shape index (κ3) is 2.32. The summed E-state index contributed by atoms with van der Waals surface area (Å²) in [7, 11) is 0. The monoisotopic (exact) mass is 273 g/mol. The highest BCUT2D eigenvalue weighted by atomic mass is 15.3. The van der Waals surface area contributed by atoms with Crippen LogP contribution < -0.4 is 10.6 Å². The van der Waals surface area contributed by atoms with E-state index < -0.39 is 0 Å². The molecule has 2 heterocycles. The van der Waals surface area contributed by atoms with Gasteiger partial charge in [-0.15, -0.1) is 0 Å². The maximum atomic E-state index is 6.02. The maximum Gasteiger partial charge on any atom is 0.133 e. The summed E-state index contributed by atoms with van der Waals surface area (Å²) in [4.78, 5) is 7.61. The van der Waals surface area contributed by atoms with Crippen molar-refractivity contribution in [1.29, 1.82) is 0 Å². The number of hydrogen-bond donors (Lipinski definition) is 1. The fraction of sp³-hybridized carbons (Fsp3) is 0.706. The minimum Gasteiger partial charge on any atom is -0.351 e. The van der Waals surface area contributed by atoms with Crippen LogP contribution in [0.3, 0.4) is 0 Å². The Kier molecular flexibility index (Phi) is 3.97. The van der Waals surface area contributed by atoms with Crippen molar-refractivity contribution in [2.45, 2.75) is 77.4 Å². The molecule has 0 radical (unpaired) electrons. The van der Waals surface area contributed by atoms with Gasteiger partial charge in [-0.25, -0.2) is 4.98 Å². The van der Waals surface area contributed by atoms with Crippen LogP contribution in [0.4, 0.5) is 5.82 Å². The van der Waals surface area contributed by atoms with Crippen molar-refractivity contribution in [1.82, 2.24) is 4.98 Å². The maximum absolute atomic E-state index is 6.02. The molecule has 1 aromatic heterocycles. The Morgan fingerprint density at radius 1 is 1.30 bits per heavy atom. The molecule has 2 N–H and O–H groups in total. The molecular formula is C17H27N3. The summed E-state index contributed by atoms with van der Waals surface area (Å²) in [6.45, 7) is 5.22. The van der Waals surface area contributed by atoms with E-state index in [-0.39, 0.29) is 0 Å². The summed E-state index contributed by atoms with van der Waals surface area (Å²) in [5.41, 5.74) is 10.0. The molecule has 1 aliphatic heterocycles. The molecular weight excluding hydrogens is 246 g/mol. The van der Waals surface area contributed by atoms with Gasteiger partial charge in [-0.05, 0) is 63.5 Å². The lowest BCUT2D eigenvalue weighted by atomic mass is 9.94. The molecule has 1 fully saturated rings. The normalized spacial score (nSPS) is 25.9. The summed E-state index contributed by atoms with van der Waals surface area (Å²) in [6, 6.07) is 3.58. The Bertz CT molecular complexity index is 483. The van der Waals surface area contributed by atoms with Crippen LogP contribution in [0, 0.1) is 0 Å². The molecule has 0 aromatic carbocycles. The van der Waals surface area contributed by atoms with Gasteiger partial charge in [-0.1, -0.05) is 6.92 Å². The van der Waals surface area contributed by atoms with Gasteiger partial charge in [0.25, 0.3) is 0 Å². The second kappa shape index (κ2) is 5.72. The number of pyridine rings is 1. The molecule has 0 amide bonds. The van der Waals surface area contributed by atoms with Gasteiger partial charge in [0.1, 0.15) is 5.82 Å². The van der Waals surface area contributed by atoms with Gasteiger partial charge in [-0.3, -0.25) is 0 Å². The van der Waals surface area contributed by atoms with Crippen LogP contribution in [-0.4, -0.2) is 17.1 Å². The van der Waals surface area contributed by atoms with Crippen LogP contribution in [0.5, 0.6) is 0 Å². The van der Waals surface area contributed by atoms with Gasteiger partial charge in [0.15, 0.2) is 0 Å². The molecule has 1 aliphatic carbocycles. The smallest absolute Gasteiger partial charge is 0.133 e. The van der Waals surface area contributed by atoms with Crippen LogP contribution in [0.15, 0.2) is 6.07 Å². The molecule has 1 aromatic rings. The third-order valence-corrected chi connectivity index (χ3v) is 5.08. The summed E-state index contributed by atoms with van der Waals surface area (Å²) >= 11 is 0. The number of aromatic nitrogens is 1. The number of aryl methyl sites for hydroxylation is 2. The second-order valence-corrected chi connectivity index (χ2v) is 6.38. The summed E-state index contributed by atoms with van der Waals surface area (Å²) < 4.78 is 0. The second-order valence-electron chi connectivity index (χ2n) is 6.38. The van der Waals surface area contributed by atoms with Gasteiger partial charge < -0.3 is 10.6 Å². The lowest BCUT2D eigenvalue weighted by molar-refractivity contribution is 0.609. The van der Waals surface area contributed by atoms with E-state index in [9.17, 15) is 0 Å². The average molecular weight is 273 g/mol. The minimum absolute atomic E-state index is 0.597. The number of rotatable bonds is 3. The zero-order valence-corrected chi connectivity index (χ0v) is 12.9. The largest absolute Gasteiger partial charge is 0.351 e. The van der Waals surface area contributed by atoms with Crippen LogP contribution >= 0.6 is 0 Å². The van der Waals surface area contributed by atoms with E-state index in [0.29, 0.717) is 18.6 Å². The third-order valence-electron chi connectivity index (χ3n) is 5.08. The number of nitrogens with two attached hydrogens (primary N) is 1. The SMILES string of the molecule is CCC1CCC(C)N1c1nc2c(cc1CN)CCCC2. The Labute approximate surface area is 122 Å². The molecule has 1 saturated heterocycles. The lowest BCUT2D eigenvalue weighted by Gasteiger charge is -2.32. The highest BCUT2D eigenvalue weighted by Crippen LogP contribution is 2.35. The number of anilines is 1. The van der Waals surface area contributed by atoms with Crippen molar-refractivity contribution in [3.05, 3.63) is 22.9 Å². The molecule has 2 aliphatic rings. The van der Waals surface area contributed by atoms with Gasteiger partial charge >= 0.3 is 0 Å². The molecule has 0 bridgehead atoms. The van der Waals surface area contributed by atoms with Gasteiger partial charge in [-0.2, -0.15) is 0 Å². The van der Waals surface area contributed by atoms with Gasteiger partial charge in [0, 0.05) is 29.9 Å². The predicted octanol–water partition coefficient (Wildman–Crippen LogP) is 3.19. The minimum atomic E-state index is 0.597. The highest BCUT2D eigenvalue weighted by molar-refractivity contribution is 5.53. The fourth-order valence-electron chi connectivity index (χ4n) is 3.90. The Balaban J connectivity index is 2.03. The van der Waals surface area contributed by atoms with Gasteiger partial charge in [0.2, 0.25) is 0 Å². The first-order valence-electron chi connectivity index (χ1n) is 8.24. The summed E-state index contributed by atoms with van der Waals surface area (Å²) in [6.07, 6.45) is 8.69. The van der Waals surface area contributed by atoms with Crippen molar-refractivity contribution >= 4 is 5.82 Å². The first kappa shape index (κ1) is 13.9. The van der Waals surface area contributed by atoms with Crippen molar-refractivity contribution in [3.63, 3.8) is 0 Å². The highest BCUT2D eigenvalue weighted by Gasteiger charge is 2.32. The zero-order chi connectivity index (χ0) is 14.1. The molecule has 3 nitrogen and oxygen atoms in total. The topological polar surface area (TPSA) is 42.2 Å². The van der Waals surface area contributed by atoms with Crippen molar-refractivity contribution < 1.29 is 0 Å². The molecule has 0 saturated carbocycles. The predicted molar refractivity (Wildman–Crippen MR) is 84.0 cm³/mol. The van der Waals surface area contributed by atoms with Crippen LogP contribution in [0.25, 0.3) is 0 Å². The van der Waals surface area contributed by atoms with Crippen molar-refractivity contribution in [2.24, 2.45) is 5.73 Å². The standard InChI is InChI=1S/C17H27N3/c1-3-15-9-8-12(2)20(15)17-14(11-18)10-13-6-4-5-7-16(13)19-17/h10,12,15H,3-9,11,18H2,1-2H3. The van der Waals surface area contributed by atoms with Crippen molar-refractivity contribution in [3.8, 4) is 0 Å². The van der Waals surface area contributed by atoms with E-state index in [1.165, 1.54) is 61.2 Å². The van der Waals surface area contributed by atoms with E-state index in [1.54, 1.807) is 0 Å². The molecule has 3 rings (SSSR count). The summed E-state index contributed by atoms with van der Waals surface area (Å²) in [5, 5.41) is 0. The molecule has 2 unspecified atom stereocenters. The number of fused-ring (bicyclic) bond motifs is 1. The van der Waals surface area contributed by atoms with E-state index in [4.69, 9.17) is 10.7 Å². The van der Waals surface area contributed by atoms with E-state index >= 15 is 0 Å². The number of nitrogens with zero attached hydrogens (tertiary/aromatic N) is 2.